The second-order valence-corrected chi connectivity index (χ2v) is 5.89. The fraction of sp³-hybridized carbons (Fsp3) is 0.500. The number of aliphatic hydroxyl groups excluding tert-OH is 1. The number of aryl methyl sites for hydroxylation is 1. The number of hydrogen-bond acceptors (Lipinski definition) is 2. The van der Waals surface area contributed by atoms with Gasteiger partial charge in [-0.15, -0.1) is 0 Å². The quantitative estimate of drug-likeness (QED) is 0.818. The second-order valence-electron chi connectivity index (χ2n) is 5.89. The molecule has 0 unspecified atom stereocenters. The maximum atomic E-state index is 12.3. The molecule has 1 rings (SSSR count). The highest BCUT2D eigenvalue weighted by atomic mass is 16.2. The fourth-order valence-electron chi connectivity index (χ4n) is 2.18. The minimum atomic E-state index is -0.209. The Hall–Kier alpha value is -1.79. The zero-order valence-electron chi connectivity index (χ0n) is 13.4. The Labute approximate surface area is 127 Å². The van der Waals surface area contributed by atoms with Crippen molar-refractivity contribution >= 4 is 5.91 Å². The van der Waals surface area contributed by atoms with Crippen molar-refractivity contribution < 1.29 is 9.90 Å². The molecule has 3 nitrogen and oxygen atoms in total. The molecule has 0 saturated heterocycles. The van der Waals surface area contributed by atoms with Crippen LogP contribution < -0.4 is 5.32 Å². The molecule has 0 fully saturated rings. The van der Waals surface area contributed by atoms with Crippen molar-refractivity contribution in [1.29, 1.82) is 0 Å². The average molecular weight is 287 g/mol. The number of amides is 1. The third kappa shape index (κ3) is 5.61. The van der Waals surface area contributed by atoms with E-state index in [1.165, 1.54) is 0 Å². The molecule has 1 aromatic rings. The SMILES string of the molecule is CCCC(C)(C)NC(=O)c1ccc(C)c(C#CCCO)c1. The van der Waals surface area contributed by atoms with Gasteiger partial charge in [-0.2, -0.15) is 0 Å². The Kier molecular flexibility index (Phi) is 6.45. The summed E-state index contributed by atoms with van der Waals surface area (Å²) in [5, 5.41) is 11.8. The van der Waals surface area contributed by atoms with E-state index in [4.69, 9.17) is 5.11 Å². The number of benzene rings is 1. The minimum absolute atomic E-state index is 0.0530. The first-order chi connectivity index (χ1) is 9.89. The predicted molar refractivity (Wildman–Crippen MR) is 86.2 cm³/mol. The van der Waals surface area contributed by atoms with Crippen LogP contribution in [-0.2, 0) is 0 Å². The summed E-state index contributed by atoms with van der Waals surface area (Å²) < 4.78 is 0. The zero-order valence-corrected chi connectivity index (χ0v) is 13.4. The number of carbonyl (C=O) groups is 1. The highest BCUT2D eigenvalue weighted by Gasteiger charge is 2.20. The number of aliphatic hydroxyl groups is 1. The van der Waals surface area contributed by atoms with E-state index in [1.807, 2.05) is 39.0 Å². The van der Waals surface area contributed by atoms with Crippen molar-refractivity contribution in [3.8, 4) is 11.8 Å². The lowest BCUT2D eigenvalue weighted by atomic mass is 9.97. The zero-order chi connectivity index (χ0) is 15.9. The smallest absolute Gasteiger partial charge is 0.251 e. The van der Waals surface area contributed by atoms with Crippen molar-refractivity contribution in [3.05, 3.63) is 34.9 Å². The van der Waals surface area contributed by atoms with Crippen molar-refractivity contribution in [2.75, 3.05) is 6.61 Å². The Morgan fingerprint density at radius 2 is 2.10 bits per heavy atom. The molecule has 0 saturated carbocycles. The van der Waals surface area contributed by atoms with Crippen molar-refractivity contribution in [3.63, 3.8) is 0 Å². The van der Waals surface area contributed by atoms with Gasteiger partial charge >= 0.3 is 0 Å². The van der Waals surface area contributed by atoms with Gasteiger partial charge in [-0.1, -0.05) is 31.3 Å². The van der Waals surface area contributed by atoms with Gasteiger partial charge in [0.15, 0.2) is 0 Å². The molecule has 114 valence electrons. The van der Waals surface area contributed by atoms with Crippen LogP contribution in [-0.4, -0.2) is 23.2 Å². The molecule has 0 radical (unpaired) electrons. The molecular weight excluding hydrogens is 262 g/mol. The van der Waals surface area contributed by atoms with E-state index in [9.17, 15) is 4.79 Å². The summed E-state index contributed by atoms with van der Waals surface area (Å²) >= 11 is 0. The summed E-state index contributed by atoms with van der Waals surface area (Å²) in [5.41, 5.74) is 2.28. The normalized spacial score (nSPS) is 10.7. The molecule has 0 heterocycles. The highest BCUT2D eigenvalue weighted by Crippen LogP contribution is 2.14. The Balaban J connectivity index is 2.92. The molecule has 1 amide bonds. The van der Waals surface area contributed by atoms with E-state index in [2.05, 4.69) is 24.1 Å². The van der Waals surface area contributed by atoms with Crippen molar-refractivity contribution in [2.24, 2.45) is 0 Å². The van der Waals surface area contributed by atoms with Crippen LogP contribution in [0.5, 0.6) is 0 Å². The van der Waals surface area contributed by atoms with Crippen LogP contribution in [0.25, 0.3) is 0 Å². The van der Waals surface area contributed by atoms with Gasteiger partial charge in [0.05, 0.1) is 6.61 Å². The van der Waals surface area contributed by atoms with Gasteiger partial charge in [0.1, 0.15) is 0 Å². The van der Waals surface area contributed by atoms with Gasteiger partial charge in [0.25, 0.3) is 5.91 Å². The first kappa shape index (κ1) is 17.3. The predicted octanol–water partition coefficient (Wildman–Crippen LogP) is 3.04. The monoisotopic (exact) mass is 287 g/mol. The van der Waals surface area contributed by atoms with Crippen molar-refractivity contribution in [1.82, 2.24) is 5.32 Å². The molecule has 1 aromatic carbocycles. The molecule has 0 atom stereocenters. The summed E-state index contributed by atoms with van der Waals surface area (Å²) in [7, 11) is 0. The lowest BCUT2D eigenvalue weighted by molar-refractivity contribution is 0.0909. The second kappa shape index (κ2) is 7.85. The molecule has 0 aromatic heterocycles. The lowest BCUT2D eigenvalue weighted by Crippen LogP contribution is -2.43. The maximum absolute atomic E-state index is 12.3. The Bertz CT molecular complexity index is 550. The van der Waals surface area contributed by atoms with Crippen LogP contribution in [0.1, 0.15) is 61.5 Å². The summed E-state index contributed by atoms with van der Waals surface area (Å²) in [5.74, 6) is 5.83. The van der Waals surface area contributed by atoms with E-state index in [1.54, 1.807) is 0 Å². The van der Waals surface area contributed by atoms with Crippen LogP contribution in [0, 0.1) is 18.8 Å². The van der Waals surface area contributed by atoms with Crippen LogP contribution in [0.15, 0.2) is 18.2 Å². The van der Waals surface area contributed by atoms with Gasteiger partial charge in [0, 0.05) is 23.1 Å². The first-order valence-corrected chi connectivity index (χ1v) is 7.42. The maximum Gasteiger partial charge on any atom is 0.251 e. The summed E-state index contributed by atoms with van der Waals surface area (Å²) in [6, 6.07) is 5.55. The van der Waals surface area contributed by atoms with Gasteiger partial charge in [-0.05, 0) is 44.9 Å². The van der Waals surface area contributed by atoms with Gasteiger partial charge in [0.2, 0.25) is 0 Å². The van der Waals surface area contributed by atoms with Gasteiger partial charge < -0.3 is 10.4 Å². The summed E-state index contributed by atoms with van der Waals surface area (Å²) in [4.78, 5) is 12.3. The topological polar surface area (TPSA) is 49.3 Å². The van der Waals surface area contributed by atoms with E-state index in [0.717, 1.165) is 24.0 Å². The number of rotatable bonds is 5. The number of hydrogen-bond donors (Lipinski definition) is 2. The van der Waals surface area contributed by atoms with Gasteiger partial charge in [-0.3, -0.25) is 4.79 Å². The number of nitrogens with one attached hydrogen (secondary N) is 1. The molecule has 0 aliphatic heterocycles. The summed E-state index contributed by atoms with van der Waals surface area (Å²) in [6.45, 7) is 8.19. The fourth-order valence-corrected chi connectivity index (χ4v) is 2.18. The lowest BCUT2D eigenvalue weighted by Gasteiger charge is -2.25. The van der Waals surface area contributed by atoms with E-state index in [-0.39, 0.29) is 18.1 Å². The Morgan fingerprint density at radius 1 is 1.38 bits per heavy atom. The highest BCUT2D eigenvalue weighted by molar-refractivity contribution is 5.95. The van der Waals surface area contributed by atoms with Crippen LogP contribution in [0.4, 0.5) is 0 Å². The third-order valence-corrected chi connectivity index (χ3v) is 3.29. The molecule has 21 heavy (non-hydrogen) atoms. The Morgan fingerprint density at radius 3 is 2.71 bits per heavy atom. The molecule has 0 bridgehead atoms. The summed E-state index contributed by atoms with van der Waals surface area (Å²) in [6.07, 6.45) is 2.41. The molecule has 0 aliphatic rings. The van der Waals surface area contributed by atoms with Crippen LogP contribution in [0.2, 0.25) is 0 Å². The van der Waals surface area contributed by atoms with Crippen molar-refractivity contribution in [2.45, 2.75) is 52.5 Å². The third-order valence-electron chi connectivity index (χ3n) is 3.29. The minimum Gasteiger partial charge on any atom is -0.395 e. The molecule has 3 heteroatoms. The molecule has 0 spiro atoms. The van der Waals surface area contributed by atoms with Crippen LogP contribution >= 0.6 is 0 Å². The molecule has 2 N–H and O–H groups in total. The largest absolute Gasteiger partial charge is 0.395 e. The standard InChI is InChI=1S/C18H25NO2/c1-5-11-18(3,4)19-17(21)16-10-9-14(2)15(13-16)8-6-7-12-20/h9-10,13,20H,5,7,11-12H2,1-4H3,(H,19,21). The average Bonchev–Trinajstić information content (AvgIpc) is 2.40. The van der Waals surface area contributed by atoms with Gasteiger partial charge in [-0.25, -0.2) is 0 Å². The first-order valence-electron chi connectivity index (χ1n) is 7.42. The van der Waals surface area contributed by atoms with E-state index in [0.29, 0.717) is 12.0 Å². The van der Waals surface area contributed by atoms with E-state index < -0.39 is 0 Å². The number of carbonyl (C=O) groups excluding carboxylic acids is 1. The molecule has 0 aliphatic carbocycles. The van der Waals surface area contributed by atoms with E-state index >= 15 is 0 Å². The van der Waals surface area contributed by atoms with Crippen LogP contribution in [0.3, 0.4) is 0 Å². The molecular formula is C18H25NO2.